The summed E-state index contributed by atoms with van der Waals surface area (Å²) in [6, 6.07) is 7.51. The van der Waals surface area contributed by atoms with Gasteiger partial charge >= 0.3 is 5.97 Å². The standard InChI is InChI=1S/C23H30O4/c1-14(20(24)15-8-10-19(11-9-15)23(2,3)4)27-22(26)18-12-16-6-5-7-17(13-18)21(16)25/h8-11,14,16-18H,5-7,12-13H2,1-4H3/t14-,16-,17+,18?/m0/s1. The number of rotatable bonds is 4. The van der Waals surface area contributed by atoms with E-state index in [1.807, 2.05) is 12.1 Å². The van der Waals surface area contributed by atoms with Crippen LogP contribution in [0.3, 0.4) is 0 Å². The maximum atomic E-state index is 12.6. The van der Waals surface area contributed by atoms with Crippen LogP contribution in [0.4, 0.5) is 0 Å². The molecule has 1 aromatic carbocycles. The molecule has 2 fully saturated rings. The molecule has 0 amide bonds. The number of hydrogen-bond acceptors (Lipinski definition) is 4. The summed E-state index contributed by atoms with van der Waals surface area (Å²) in [4.78, 5) is 37.4. The van der Waals surface area contributed by atoms with E-state index in [0.29, 0.717) is 24.2 Å². The van der Waals surface area contributed by atoms with Gasteiger partial charge in [0, 0.05) is 17.4 Å². The summed E-state index contributed by atoms with van der Waals surface area (Å²) in [7, 11) is 0. The van der Waals surface area contributed by atoms with Crippen molar-refractivity contribution in [2.45, 2.75) is 71.3 Å². The van der Waals surface area contributed by atoms with Crippen LogP contribution < -0.4 is 0 Å². The molecule has 0 radical (unpaired) electrons. The fourth-order valence-electron chi connectivity index (χ4n) is 4.37. The first-order valence-electron chi connectivity index (χ1n) is 10.1. The van der Waals surface area contributed by atoms with Gasteiger partial charge in [-0.05, 0) is 43.6 Å². The molecule has 0 heterocycles. The number of carbonyl (C=O) groups is 3. The van der Waals surface area contributed by atoms with Crippen LogP contribution in [-0.2, 0) is 19.7 Å². The second-order valence-corrected chi connectivity index (χ2v) is 9.17. The van der Waals surface area contributed by atoms with Gasteiger partial charge in [0.2, 0.25) is 5.78 Å². The molecule has 2 aliphatic carbocycles. The molecule has 0 N–H and O–H groups in total. The summed E-state index contributed by atoms with van der Waals surface area (Å²) in [5.74, 6) is -0.427. The highest BCUT2D eigenvalue weighted by Gasteiger charge is 2.42. The summed E-state index contributed by atoms with van der Waals surface area (Å²) in [5, 5.41) is 0. The zero-order valence-electron chi connectivity index (χ0n) is 16.8. The highest BCUT2D eigenvalue weighted by atomic mass is 16.5. The van der Waals surface area contributed by atoms with Gasteiger partial charge in [0.25, 0.3) is 0 Å². The van der Waals surface area contributed by atoms with Gasteiger partial charge in [-0.15, -0.1) is 0 Å². The highest BCUT2D eigenvalue weighted by molar-refractivity contribution is 6.00. The molecule has 27 heavy (non-hydrogen) atoms. The molecular formula is C23H30O4. The maximum absolute atomic E-state index is 12.6. The Morgan fingerprint density at radius 1 is 1.04 bits per heavy atom. The minimum Gasteiger partial charge on any atom is -0.454 e. The van der Waals surface area contributed by atoms with Crippen molar-refractivity contribution in [3.05, 3.63) is 35.4 Å². The molecule has 4 atom stereocenters. The number of ether oxygens (including phenoxy) is 1. The molecule has 4 heteroatoms. The quantitative estimate of drug-likeness (QED) is 0.578. The lowest BCUT2D eigenvalue weighted by atomic mass is 9.67. The van der Waals surface area contributed by atoms with Crippen molar-refractivity contribution in [3.8, 4) is 0 Å². The Morgan fingerprint density at radius 2 is 1.59 bits per heavy atom. The summed E-state index contributed by atoms with van der Waals surface area (Å²) < 4.78 is 5.50. The van der Waals surface area contributed by atoms with Gasteiger partial charge < -0.3 is 4.74 Å². The van der Waals surface area contributed by atoms with Gasteiger partial charge in [0.05, 0.1) is 5.92 Å². The number of fused-ring (bicyclic) bond motifs is 2. The Hall–Kier alpha value is -1.97. The Labute approximate surface area is 161 Å². The van der Waals surface area contributed by atoms with Crippen molar-refractivity contribution in [1.82, 2.24) is 0 Å². The van der Waals surface area contributed by atoms with Crippen molar-refractivity contribution in [2.75, 3.05) is 0 Å². The van der Waals surface area contributed by atoms with E-state index in [1.165, 1.54) is 0 Å². The van der Waals surface area contributed by atoms with Crippen molar-refractivity contribution in [3.63, 3.8) is 0 Å². The third-order valence-corrected chi connectivity index (χ3v) is 6.08. The van der Waals surface area contributed by atoms with E-state index in [0.717, 1.165) is 24.8 Å². The number of benzene rings is 1. The highest BCUT2D eigenvalue weighted by Crippen LogP contribution is 2.40. The second kappa shape index (κ2) is 7.57. The molecule has 2 saturated carbocycles. The fraction of sp³-hybridized carbons (Fsp3) is 0.609. The van der Waals surface area contributed by atoms with Crippen LogP contribution in [0.2, 0.25) is 0 Å². The minimum absolute atomic E-state index is 0.00556. The SMILES string of the molecule is C[C@H](OC(=O)C1C[C@H]2CCC[C@@H](C1)C2=O)C(=O)c1ccc(C(C)(C)C)cc1. The molecule has 0 aliphatic heterocycles. The Morgan fingerprint density at radius 3 is 2.11 bits per heavy atom. The molecule has 3 rings (SSSR count). The van der Waals surface area contributed by atoms with Crippen LogP contribution in [0.1, 0.15) is 75.7 Å². The fourth-order valence-corrected chi connectivity index (χ4v) is 4.37. The summed E-state index contributed by atoms with van der Waals surface area (Å²) in [6.45, 7) is 8.00. The van der Waals surface area contributed by atoms with Crippen LogP contribution in [-0.4, -0.2) is 23.6 Å². The number of esters is 1. The summed E-state index contributed by atoms with van der Waals surface area (Å²) >= 11 is 0. The van der Waals surface area contributed by atoms with Crippen molar-refractivity contribution in [1.29, 1.82) is 0 Å². The molecule has 2 aliphatic rings. The second-order valence-electron chi connectivity index (χ2n) is 9.17. The van der Waals surface area contributed by atoms with E-state index in [4.69, 9.17) is 4.74 Å². The van der Waals surface area contributed by atoms with Gasteiger partial charge in [0.1, 0.15) is 5.78 Å². The van der Waals surface area contributed by atoms with Crippen LogP contribution in [0.25, 0.3) is 0 Å². The Bertz CT molecular complexity index is 710. The van der Waals surface area contributed by atoms with E-state index in [9.17, 15) is 14.4 Å². The van der Waals surface area contributed by atoms with Crippen molar-refractivity contribution in [2.24, 2.45) is 17.8 Å². The number of hydrogen-bond donors (Lipinski definition) is 0. The lowest BCUT2D eigenvalue weighted by molar-refractivity contribution is -0.155. The minimum atomic E-state index is -0.810. The van der Waals surface area contributed by atoms with E-state index in [-0.39, 0.29) is 34.9 Å². The van der Waals surface area contributed by atoms with Crippen molar-refractivity contribution < 1.29 is 19.1 Å². The molecule has 4 nitrogen and oxygen atoms in total. The third kappa shape index (κ3) is 4.31. The van der Waals surface area contributed by atoms with E-state index in [1.54, 1.807) is 19.1 Å². The largest absolute Gasteiger partial charge is 0.454 e. The number of Topliss-reactive ketones (excluding diaryl/α,β-unsaturated/α-hetero) is 2. The topological polar surface area (TPSA) is 60.4 Å². The zero-order valence-corrected chi connectivity index (χ0v) is 16.8. The average molecular weight is 370 g/mol. The lowest BCUT2D eigenvalue weighted by Crippen LogP contribution is -2.40. The van der Waals surface area contributed by atoms with Crippen LogP contribution in [0.5, 0.6) is 0 Å². The van der Waals surface area contributed by atoms with Gasteiger partial charge in [-0.3, -0.25) is 14.4 Å². The molecule has 0 aromatic heterocycles. The molecule has 1 unspecified atom stereocenters. The summed E-state index contributed by atoms with van der Waals surface area (Å²) in [5.41, 5.74) is 1.73. The van der Waals surface area contributed by atoms with Gasteiger partial charge in [0.15, 0.2) is 6.10 Å². The normalized spacial score (nSPS) is 26.4. The van der Waals surface area contributed by atoms with Crippen LogP contribution in [0.15, 0.2) is 24.3 Å². The van der Waals surface area contributed by atoms with Crippen LogP contribution >= 0.6 is 0 Å². The lowest BCUT2D eigenvalue weighted by Gasteiger charge is -2.36. The summed E-state index contributed by atoms with van der Waals surface area (Å²) in [6.07, 6.45) is 3.18. The zero-order chi connectivity index (χ0) is 19.8. The van der Waals surface area contributed by atoms with Crippen LogP contribution in [0, 0.1) is 17.8 Å². The molecule has 146 valence electrons. The predicted molar refractivity (Wildman–Crippen MR) is 104 cm³/mol. The molecule has 1 aromatic rings. The first-order valence-corrected chi connectivity index (χ1v) is 10.1. The molecule has 0 saturated heterocycles. The smallest absolute Gasteiger partial charge is 0.309 e. The predicted octanol–water partition coefficient (Wildman–Crippen LogP) is 4.49. The van der Waals surface area contributed by atoms with E-state index in [2.05, 4.69) is 20.8 Å². The first-order chi connectivity index (χ1) is 12.7. The maximum Gasteiger partial charge on any atom is 0.309 e. The number of carbonyl (C=O) groups excluding carboxylic acids is 3. The van der Waals surface area contributed by atoms with E-state index >= 15 is 0 Å². The third-order valence-electron chi connectivity index (χ3n) is 6.08. The monoisotopic (exact) mass is 370 g/mol. The van der Waals surface area contributed by atoms with Gasteiger partial charge in [-0.2, -0.15) is 0 Å². The van der Waals surface area contributed by atoms with Crippen molar-refractivity contribution >= 4 is 17.5 Å². The Balaban J connectivity index is 1.61. The molecular weight excluding hydrogens is 340 g/mol. The molecule has 2 bridgehead atoms. The average Bonchev–Trinajstić information content (AvgIpc) is 2.60. The molecule has 0 spiro atoms. The van der Waals surface area contributed by atoms with Gasteiger partial charge in [-0.25, -0.2) is 0 Å². The number of ketones is 2. The first kappa shape index (κ1) is 19.8. The van der Waals surface area contributed by atoms with E-state index < -0.39 is 6.10 Å². The Kier molecular flexibility index (Phi) is 5.55. The van der Waals surface area contributed by atoms with Gasteiger partial charge in [-0.1, -0.05) is 51.5 Å².